The highest BCUT2D eigenvalue weighted by atomic mass is 16.5. The minimum Gasteiger partial charge on any atom is -0.462 e. The Morgan fingerprint density at radius 2 is 0.902 bits per heavy atom. The molecule has 1 atom stereocenters. The van der Waals surface area contributed by atoms with Gasteiger partial charge < -0.3 is 25.0 Å². The number of unbranched alkanes of at least 4 members (excludes halogenated alkanes) is 23. The molecule has 1 aromatic heterocycles. The summed E-state index contributed by atoms with van der Waals surface area (Å²) in [6, 6.07) is 1.95. The second-order valence-corrected chi connectivity index (χ2v) is 18.0. The fraction of sp³-hybridized carbons (Fsp3) is 0.885. The van der Waals surface area contributed by atoms with Crippen LogP contribution in [0.25, 0.3) is 0 Å². The highest BCUT2D eigenvalue weighted by Crippen LogP contribution is 2.19. The number of hydrogen-bond acceptors (Lipinski definition) is 9. The number of nitrogens with one attached hydrogen (secondary N) is 2. The van der Waals surface area contributed by atoms with E-state index in [0.29, 0.717) is 12.8 Å². The molecule has 356 valence electrons. The van der Waals surface area contributed by atoms with Crippen molar-refractivity contribution < 1.29 is 19.1 Å². The van der Waals surface area contributed by atoms with Crippen molar-refractivity contribution in [2.75, 3.05) is 43.9 Å². The summed E-state index contributed by atoms with van der Waals surface area (Å²) in [5.74, 6) is 1.69. The molecule has 0 radical (unpaired) electrons. The van der Waals surface area contributed by atoms with E-state index in [4.69, 9.17) is 9.47 Å². The summed E-state index contributed by atoms with van der Waals surface area (Å²) in [7, 11) is 1.87. The summed E-state index contributed by atoms with van der Waals surface area (Å²) in [5, 5.41) is 6.55. The van der Waals surface area contributed by atoms with Crippen molar-refractivity contribution in [2.45, 2.75) is 265 Å². The Labute approximate surface area is 377 Å². The number of anilines is 2. The molecular weight excluding hydrogens is 759 g/mol. The lowest BCUT2D eigenvalue weighted by Crippen LogP contribution is -2.28. The normalized spacial score (nSPS) is 12.0. The van der Waals surface area contributed by atoms with Crippen LogP contribution in [-0.2, 0) is 19.1 Å². The smallest absolute Gasteiger partial charge is 0.306 e. The first-order chi connectivity index (χ1) is 29.9. The Hall–Kier alpha value is -2.42. The van der Waals surface area contributed by atoms with E-state index in [9.17, 15) is 9.59 Å². The average molecular weight is 858 g/mol. The highest BCUT2D eigenvalue weighted by molar-refractivity contribution is 5.69. The predicted molar refractivity (Wildman–Crippen MR) is 261 cm³/mol. The number of aromatic nitrogens is 2. The third-order valence-electron chi connectivity index (χ3n) is 12.3. The molecule has 9 nitrogen and oxygen atoms in total. The first-order valence-electron chi connectivity index (χ1n) is 26.3. The third kappa shape index (κ3) is 35.7. The van der Waals surface area contributed by atoms with Crippen molar-refractivity contribution in [3.63, 3.8) is 0 Å². The van der Waals surface area contributed by atoms with Crippen LogP contribution in [0.15, 0.2) is 12.4 Å². The Morgan fingerprint density at radius 1 is 0.508 bits per heavy atom. The zero-order chi connectivity index (χ0) is 44.3. The van der Waals surface area contributed by atoms with Crippen molar-refractivity contribution in [3.8, 4) is 0 Å². The van der Waals surface area contributed by atoms with Crippen LogP contribution in [-0.4, -0.2) is 72.2 Å². The van der Waals surface area contributed by atoms with E-state index in [1.807, 2.05) is 13.1 Å². The summed E-state index contributed by atoms with van der Waals surface area (Å²) in [6.07, 6.45) is 42.1. The Bertz CT molecular complexity index is 1110. The maximum Gasteiger partial charge on any atom is 0.306 e. The maximum atomic E-state index is 12.9. The minimum absolute atomic E-state index is 0.00654. The van der Waals surface area contributed by atoms with Gasteiger partial charge in [0, 0.05) is 32.5 Å². The molecule has 0 fully saturated rings. The largest absolute Gasteiger partial charge is 0.462 e. The van der Waals surface area contributed by atoms with Crippen LogP contribution in [0.2, 0.25) is 0 Å². The van der Waals surface area contributed by atoms with Gasteiger partial charge in [0.2, 0.25) is 0 Å². The molecule has 0 saturated heterocycles. The molecule has 0 aliphatic heterocycles. The summed E-state index contributed by atoms with van der Waals surface area (Å²) in [6.45, 7) is 13.1. The van der Waals surface area contributed by atoms with Gasteiger partial charge >= 0.3 is 11.9 Å². The molecule has 0 aromatic carbocycles. The number of ether oxygens (including phenoxy) is 2. The summed E-state index contributed by atoms with van der Waals surface area (Å²) >= 11 is 0. The highest BCUT2D eigenvalue weighted by Gasteiger charge is 2.15. The van der Waals surface area contributed by atoms with Gasteiger partial charge in [-0.2, -0.15) is 0 Å². The number of rotatable bonds is 46. The molecule has 61 heavy (non-hydrogen) atoms. The molecule has 0 aliphatic rings. The molecule has 1 unspecified atom stereocenters. The lowest BCUT2D eigenvalue weighted by atomic mass is 10.0. The van der Waals surface area contributed by atoms with Gasteiger partial charge in [0.15, 0.2) is 0 Å². The Morgan fingerprint density at radius 3 is 1.38 bits per heavy atom. The van der Waals surface area contributed by atoms with Crippen LogP contribution in [0.3, 0.4) is 0 Å². The SMILES string of the molecule is CCCCCCCCC(CC)OC(=O)CCCCCCCN(CCCCCCCC(=O)OC(CCCCCCCC)CCCCCCCC)CCCNc1cc(NC)ncn1. The van der Waals surface area contributed by atoms with Gasteiger partial charge in [-0.05, 0) is 96.7 Å². The van der Waals surface area contributed by atoms with Crippen molar-refractivity contribution in [1.82, 2.24) is 14.9 Å². The number of carbonyl (C=O) groups is 2. The second-order valence-electron chi connectivity index (χ2n) is 18.0. The summed E-state index contributed by atoms with van der Waals surface area (Å²) in [4.78, 5) is 36.6. The van der Waals surface area contributed by atoms with Crippen LogP contribution in [0, 0.1) is 0 Å². The zero-order valence-corrected chi connectivity index (χ0v) is 40.9. The molecule has 0 aliphatic carbocycles. The standard InChI is InChI=1S/C52H99N5O4/c1-6-10-13-16-21-28-36-47(9-4)60-51(58)39-31-24-19-26-33-42-57(44-35-41-54-50-45-49(53-5)55-46-56-50)43-34-27-20-25-32-40-52(59)61-48(37-29-22-17-14-11-7-2)38-30-23-18-15-12-8-3/h45-48H,6-44H2,1-5H3,(H2,53,54,55,56). The van der Waals surface area contributed by atoms with E-state index in [1.54, 1.807) is 6.33 Å². The molecule has 0 amide bonds. The summed E-state index contributed by atoms with van der Waals surface area (Å²) < 4.78 is 11.9. The average Bonchev–Trinajstić information content (AvgIpc) is 3.27. The first kappa shape index (κ1) is 56.6. The van der Waals surface area contributed by atoms with Gasteiger partial charge in [0.1, 0.15) is 30.2 Å². The molecule has 1 rings (SSSR count). The number of nitrogens with zero attached hydrogens (tertiary/aromatic N) is 3. The van der Waals surface area contributed by atoms with Crippen LogP contribution in [0.4, 0.5) is 11.6 Å². The van der Waals surface area contributed by atoms with E-state index < -0.39 is 0 Å². The molecule has 1 aromatic rings. The molecule has 0 bridgehead atoms. The molecule has 1 heterocycles. The molecule has 2 N–H and O–H groups in total. The first-order valence-corrected chi connectivity index (χ1v) is 26.3. The van der Waals surface area contributed by atoms with Gasteiger partial charge in [-0.3, -0.25) is 9.59 Å². The number of carbonyl (C=O) groups excluding carboxylic acids is 2. The zero-order valence-electron chi connectivity index (χ0n) is 40.9. The third-order valence-corrected chi connectivity index (χ3v) is 12.3. The number of esters is 2. The molecular formula is C52H99N5O4. The Kier molecular flexibility index (Phi) is 39.8. The lowest BCUT2D eigenvalue weighted by Gasteiger charge is -2.22. The van der Waals surface area contributed by atoms with Gasteiger partial charge in [-0.25, -0.2) is 9.97 Å². The van der Waals surface area contributed by atoms with Crippen molar-refractivity contribution in [1.29, 1.82) is 0 Å². The summed E-state index contributed by atoms with van der Waals surface area (Å²) in [5.41, 5.74) is 0. The van der Waals surface area contributed by atoms with Crippen LogP contribution in [0.5, 0.6) is 0 Å². The van der Waals surface area contributed by atoms with E-state index in [-0.39, 0.29) is 24.1 Å². The topological polar surface area (TPSA) is 106 Å². The maximum absolute atomic E-state index is 12.9. The van der Waals surface area contributed by atoms with Crippen LogP contribution in [0.1, 0.15) is 252 Å². The van der Waals surface area contributed by atoms with E-state index in [2.05, 4.69) is 53.2 Å². The monoisotopic (exact) mass is 858 g/mol. The quantitative estimate of drug-likeness (QED) is 0.0490. The number of hydrogen-bond donors (Lipinski definition) is 2. The Balaban J connectivity index is 2.40. The van der Waals surface area contributed by atoms with Crippen LogP contribution >= 0.6 is 0 Å². The molecule has 0 saturated carbocycles. The second kappa shape index (κ2) is 42.9. The van der Waals surface area contributed by atoms with Crippen molar-refractivity contribution in [3.05, 3.63) is 12.4 Å². The molecule has 9 heteroatoms. The predicted octanol–water partition coefficient (Wildman–Crippen LogP) is 14.8. The lowest BCUT2D eigenvalue weighted by molar-refractivity contribution is -0.150. The van der Waals surface area contributed by atoms with E-state index in [0.717, 1.165) is 95.6 Å². The van der Waals surface area contributed by atoms with Crippen molar-refractivity contribution in [2.24, 2.45) is 0 Å². The molecule has 0 spiro atoms. The fourth-order valence-electron chi connectivity index (χ4n) is 8.27. The van der Waals surface area contributed by atoms with E-state index in [1.165, 1.54) is 154 Å². The van der Waals surface area contributed by atoms with Gasteiger partial charge in [-0.1, -0.05) is 163 Å². The minimum atomic E-state index is -0.00654. The van der Waals surface area contributed by atoms with E-state index >= 15 is 0 Å². The van der Waals surface area contributed by atoms with Gasteiger partial charge in [-0.15, -0.1) is 0 Å². The van der Waals surface area contributed by atoms with Gasteiger partial charge in [0.05, 0.1) is 0 Å². The van der Waals surface area contributed by atoms with Crippen molar-refractivity contribution >= 4 is 23.6 Å². The van der Waals surface area contributed by atoms with Gasteiger partial charge in [0.25, 0.3) is 0 Å². The van der Waals surface area contributed by atoms with Crippen LogP contribution < -0.4 is 10.6 Å². The fourth-order valence-corrected chi connectivity index (χ4v) is 8.27.